The van der Waals surface area contributed by atoms with Crippen LogP contribution in [0.1, 0.15) is 13.8 Å². The van der Waals surface area contributed by atoms with E-state index in [0.717, 1.165) is 0 Å². The fourth-order valence-corrected chi connectivity index (χ4v) is 3.31. The molecule has 0 aromatic rings. The maximum atomic E-state index is 10.9. The van der Waals surface area contributed by atoms with Gasteiger partial charge in [0.05, 0.1) is 6.04 Å². The van der Waals surface area contributed by atoms with Crippen LogP contribution in [0.25, 0.3) is 0 Å². The molecule has 2 saturated heterocycles. The van der Waals surface area contributed by atoms with Gasteiger partial charge in [0.2, 0.25) is 5.91 Å². The zero-order chi connectivity index (χ0) is 14.0. The topological polar surface area (TPSA) is 103 Å². The van der Waals surface area contributed by atoms with Crippen molar-refractivity contribution in [1.82, 2.24) is 10.6 Å². The van der Waals surface area contributed by atoms with E-state index in [0.29, 0.717) is 11.7 Å². The van der Waals surface area contributed by atoms with E-state index in [-0.39, 0.29) is 23.9 Å². The van der Waals surface area contributed by atoms with E-state index in [1.165, 1.54) is 18.7 Å². The normalized spacial score (nSPS) is 39.8. The highest BCUT2D eigenvalue weighted by Crippen LogP contribution is 2.33. The van der Waals surface area contributed by atoms with Crippen LogP contribution in [-0.4, -0.2) is 64.2 Å². The number of amidine groups is 1. The molecule has 1 unspecified atom stereocenters. The van der Waals surface area contributed by atoms with Gasteiger partial charge in [0.25, 0.3) is 0 Å². The summed E-state index contributed by atoms with van der Waals surface area (Å²) in [5, 5.41) is 26.4. The van der Waals surface area contributed by atoms with Gasteiger partial charge in [-0.2, -0.15) is 0 Å². The van der Waals surface area contributed by atoms with Crippen molar-refractivity contribution in [2.75, 3.05) is 13.1 Å². The van der Waals surface area contributed by atoms with Crippen molar-refractivity contribution in [2.45, 2.75) is 43.6 Å². The number of hydrogen-bond acceptors (Lipinski definition) is 6. The second-order valence-electron chi connectivity index (χ2n) is 4.53. The Morgan fingerprint density at radius 2 is 2.26 bits per heavy atom. The minimum Gasteiger partial charge on any atom is -0.388 e. The molecule has 2 aliphatic rings. The average molecular weight is 289 g/mol. The number of nitrogens with zero attached hydrogens (tertiary/aromatic N) is 1. The van der Waals surface area contributed by atoms with Crippen LogP contribution >= 0.6 is 11.8 Å². The highest BCUT2D eigenvalue weighted by Gasteiger charge is 2.48. The summed E-state index contributed by atoms with van der Waals surface area (Å²) in [6.07, 6.45) is -2.60. The Morgan fingerprint density at radius 3 is 2.89 bits per heavy atom. The van der Waals surface area contributed by atoms with Crippen LogP contribution in [0.3, 0.4) is 0 Å². The predicted octanol–water partition coefficient (Wildman–Crippen LogP) is -1.35. The summed E-state index contributed by atoms with van der Waals surface area (Å²) in [6.45, 7) is 4.13. The Kier molecular flexibility index (Phi) is 4.67. The zero-order valence-electron chi connectivity index (χ0n) is 10.9. The monoisotopic (exact) mass is 289 g/mol. The molecule has 2 fully saturated rings. The first-order valence-electron chi connectivity index (χ1n) is 6.26. The quantitative estimate of drug-likeness (QED) is 0.512. The van der Waals surface area contributed by atoms with Crippen LogP contribution in [0.2, 0.25) is 0 Å². The predicted molar refractivity (Wildman–Crippen MR) is 71.8 cm³/mol. The van der Waals surface area contributed by atoms with Gasteiger partial charge >= 0.3 is 0 Å². The molecule has 8 heteroatoms. The van der Waals surface area contributed by atoms with E-state index in [4.69, 9.17) is 4.74 Å². The number of rotatable bonds is 3. The second-order valence-corrected chi connectivity index (χ2v) is 5.62. The van der Waals surface area contributed by atoms with Crippen LogP contribution in [0.5, 0.6) is 0 Å². The molecule has 0 aromatic heterocycles. The number of fused-ring (bicyclic) bond motifs is 1. The molecule has 0 aliphatic carbocycles. The van der Waals surface area contributed by atoms with Crippen molar-refractivity contribution >= 4 is 22.8 Å². The number of ether oxygens (including phenoxy) is 1. The van der Waals surface area contributed by atoms with E-state index in [1.54, 1.807) is 0 Å². The first-order valence-corrected chi connectivity index (χ1v) is 7.14. The largest absolute Gasteiger partial charge is 0.388 e. The standard InChI is InChI=1S/C11H19N3O4S/c1-3-12-11-14-7-9(17)8(16)6(4-13-5(2)15)18-10(7)19-11/h6-10,16-17H,3-4H2,1-2H3,(H,12,14)(H,13,15)/t6?,7-,8+,9+,10+/m0/s1. The van der Waals surface area contributed by atoms with Crippen molar-refractivity contribution in [1.29, 1.82) is 0 Å². The molecule has 0 saturated carbocycles. The Labute approximate surface area is 115 Å². The first-order chi connectivity index (χ1) is 9.02. The van der Waals surface area contributed by atoms with Gasteiger partial charge in [0.15, 0.2) is 5.17 Å². The molecule has 0 aromatic carbocycles. The number of aliphatic hydroxyl groups is 2. The third-order valence-electron chi connectivity index (χ3n) is 3.07. The minimum atomic E-state index is -1.04. The number of amides is 1. The van der Waals surface area contributed by atoms with Crippen LogP contribution in [0, 0.1) is 0 Å². The number of nitrogens with one attached hydrogen (secondary N) is 2. The molecular formula is C11H19N3O4S. The highest BCUT2D eigenvalue weighted by molar-refractivity contribution is 8.14. The average Bonchev–Trinajstić information content (AvgIpc) is 2.75. The molecule has 0 bridgehead atoms. The van der Waals surface area contributed by atoms with Crippen molar-refractivity contribution < 1.29 is 19.7 Å². The Hall–Kier alpha value is -0.830. The maximum Gasteiger partial charge on any atom is 0.216 e. The number of hydrogen-bond donors (Lipinski definition) is 4. The fourth-order valence-electron chi connectivity index (χ4n) is 2.11. The third-order valence-corrected chi connectivity index (χ3v) is 4.18. The maximum absolute atomic E-state index is 10.9. The SMILES string of the molecule is CCN=C1N[C@H]2[C@@H](O)[C@H](O)C(CNC(C)=O)O[C@@H]2S1. The van der Waals surface area contributed by atoms with Gasteiger partial charge in [-0.3, -0.25) is 9.79 Å². The summed E-state index contributed by atoms with van der Waals surface area (Å²) in [4.78, 5) is 15.1. The lowest BCUT2D eigenvalue weighted by atomic mass is 9.98. The van der Waals surface area contributed by atoms with Crippen LogP contribution < -0.4 is 10.6 Å². The molecule has 2 rings (SSSR count). The molecule has 2 heterocycles. The molecule has 19 heavy (non-hydrogen) atoms. The lowest BCUT2D eigenvalue weighted by Gasteiger charge is -2.38. The molecule has 0 spiro atoms. The van der Waals surface area contributed by atoms with Gasteiger partial charge in [-0.05, 0) is 6.92 Å². The lowest BCUT2D eigenvalue weighted by molar-refractivity contribution is -0.155. The number of carbonyl (C=O) groups is 1. The third kappa shape index (κ3) is 3.19. The second kappa shape index (κ2) is 6.08. The van der Waals surface area contributed by atoms with Crippen LogP contribution in [0.4, 0.5) is 0 Å². The van der Waals surface area contributed by atoms with Crippen molar-refractivity contribution in [3.63, 3.8) is 0 Å². The number of thioether (sulfide) groups is 1. The van der Waals surface area contributed by atoms with Gasteiger partial charge in [0.1, 0.15) is 23.7 Å². The van der Waals surface area contributed by atoms with E-state index >= 15 is 0 Å². The summed E-state index contributed by atoms with van der Waals surface area (Å²) >= 11 is 1.40. The zero-order valence-corrected chi connectivity index (χ0v) is 11.7. The van der Waals surface area contributed by atoms with Crippen LogP contribution in [0.15, 0.2) is 4.99 Å². The smallest absolute Gasteiger partial charge is 0.216 e. The van der Waals surface area contributed by atoms with E-state index < -0.39 is 18.3 Å². The van der Waals surface area contributed by atoms with E-state index in [1.807, 2.05) is 6.92 Å². The molecule has 4 N–H and O–H groups in total. The number of aliphatic hydroxyl groups excluding tert-OH is 2. The summed E-state index contributed by atoms with van der Waals surface area (Å²) in [5.41, 5.74) is -0.303. The molecule has 5 atom stereocenters. The fraction of sp³-hybridized carbons (Fsp3) is 0.818. The number of carbonyl (C=O) groups excluding carboxylic acids is 1. The van der Waals surface area contributed by atoms with Crippen molar-refractivity contribution in [2.24, 2.45) is 4.99 Å². The van der Waals surface area contributed by atoms with E-state index in [2.05, 4.69) is 15.6 Å². The molecule has 108 valence electrons. The molecule has 1 amide bonds. The molecular weight excluding hydrogens is 270 g/mol. The highest BCUT2D eigenvalue weighted by atomic mass is 32.2. The summed E-state index contributed by atoms with van der Waals surface area (Å²) in [5.74, 6) is -0.196. The number of aliphatic imine (C=N–C) groups is 1. The lowest BCUT2D eigenvalue weighted by Crippen LogP contribution is -2.60. The summed E-state index contributed by atoms with van der Waals surface area (Å²) in [7, 11) is 0. The minimum absolute atomic E-state index is 0.178. The Bertz CT molecular complexity index is 379. The van der Waals surface area contributed by atoms with Crippen LogP contribution in [-0.2, 0) is 9.53 Å². The van der Waals surface area contributed by atoms with Gasteiger partial charge in [0, 0.05) is 20.0 Å². The van der Waals surface area contributed by atoms with Crippen molar-refractivity contribution in [3.05, 3.63) is 0 Å². The molecule has 2 aliphatic heterocycles. The Morgan fingerprint density at radius 1 is 1.53 bits per heavy atom. The first kappa shape index (κ1) is 14.6. The molecule has 0 radical (unpaired) electrons. The van der Waals surface area contributed by atoms with Gasteiger partial charge < -0.3 is 25.6 Å². The van der Waals surface area contributed by atoms with Gasteiger partial charge in [-0.15, -0.1) is 0 Å². The Balaban J connectivity index is 2.01. The summed E-state index contributed by atoms with van der Waals surface area (Å²) < 4.78 is 5.71. The van der Waals surface area contributed by atoms with Crippen molar-refractivity contribution in [3.8, 4) is 0 Å². The summed E-state index contributed by atoms with van der Waals surface area (Å²) in [6, 6.07) is -0.376. The van der Waals surface area contributed by atoms with Gasteiger partial charge in [-0.25, -0.2) is 0 Å². The molecule has 7 nitrogen and oxygen atoms in total. The van der Waals surface area contributed by atoms with E-state index in [9.17, 15) is 15.0 Å². The van der Waals surface area contributed by atoms with Gasteiger partial charge in [-0.1, -0.05) is 11.8 Å².